The number of phenols is 1. The number of ether oxygens (including phenoxy) is 1. The van der Waals surface area contributed by atoms with Crippen molar-refractivity contribution in [1.29, 1.82) is 0 Å². The summed E-state index contributed by atoms with van der Waals surface area (Å²) >= 11 is 0. The van der Waals surface area contributed by atoms with Crippen LogP contribution in [0.5, 0.6) is 11.5 Å². The van der Waals surface area contributed by atoms with Crippen molar-refractivity contribution in [3.8, 4) is 11.5 Å². The first-order chi connectivity index (χ1) is 12.7. The van der Waals surface area contributed by atoms with Crippen molar-refractivity contribution < 1.29 is 32.9 Å². The Bertz CT molecular complexity index is 913. The molecule has 0 aromatic heterocycles. The zero-order valence-corrected chi connectivity index (χ0v) is 14.1. The Morgan fingerprint density at radius 3 is 2.56 bits per heavy atom. The van der Waals surface area contributed by atoms with E-state index in [0.29, 0.717) is 5.75 Å². The minimum atomic E-state index is -5.15. The number of halogens is 3. The normalized spacial score (nSPS) is 19.7. The molecular formula is C18H15F3N2O4. The predicted octanol–water partition coefficient (Wildman–Crippen LogP) is 2.90. The zero-order valence-electron chi connectivity index (χ0n) is 14.1. The molecule has 0 saturated carbocycles. The summed E-state index contributed by atoms with van der Waals surface area (Å²) in [5.74, 6) is -1.10. The van der Waals surface area contributed by atoms with Gasteiger partial charge in [0.15, 0.2) is 0 Å². The summed E-state index contributed by atoms with van der Waals surface area (Å²) in [5, 5.41) is 23.6. The van der Waals surface area contributed by atoms with Crippen LogP contribution < -0.4 is 4.74 Å². The number of carbonyl (C=O) groups excluding carboxylic acids is 1. The van der Waals surface area contributed by atoms with Gasteiger partial charge in [0, 0.05) is 11.1 Å². The molecule has 1 heterocycles. The molecule has 2 N–H and O–H groups in total. The Morgan fingerprint density at radius 2 is 1.93 bits per heavy atom. The molecule has 1 aliphatic rings. The van der Waals surface area contributed by atoms with Crippen molar-refractivity contribution in [2.45, 2.75) is 18.3 Å². The molecule has 0 saturated heterocycles. The van der Waals surface area contributed by atoms with Gasteiger partial charge in [-0.15, -0.1) is 0 Å². The number of nitrogens with zero attached hydrogens (tertiary/aromatic N) is 2. The standard InChI is InChI=1S/C18H15F3N2O4/c1-27-14-7-3-4-11(9-14)15-10-17(26,18(19,20)21)23(22-15)16(25)12-5-2-6-13(24)8-12/h2-9,24,26H,10H2,1H3/t17-/m0/s1. The van der Waals surface area contributed by atoms with Crippen LogP contribution in [0.1, 0.15) is 22.3 Å². The third-order valence-electron chi connectivity index (χ3n) is 4.13. The van der Waals surface area contributed by atoms with E-state index in [1.54, 1.807) is 12.1 Å². The summed E-state index contributed by atoms with van der Waals surface area (Å²) in [5.41, 5.74) is -3.59. The largest absolute Gasteiger partial charge is 0.508 e. The number of rotatable bonds is 3. The van der Waals surface area contributed by atoms with Crippen molar-refractivity contribution in [3.05, 3.63) is 59.7 Å². The van der Waals surface area contributed by atoms with E-state index in [-0.39, 0.29) is 27.6 Å². The summed E-state index contributed by atoms with van der Waals surface area (Å²) in [7, 11) is 1.40. The number of benzene rings is 2. The molecule has 2 aromatic carbocycles. The molecule has 1 amide bonds. The smallest absolute Gasteiger partial charge is 0.438 e. The molecule has 9 heteroatoms. The van der Waals surface area contributed by atoms with Crippen molar-refractivity contribution in [1.82, 2.24) is 5.01 Å². The van der Waals surface area contributed by atoms with Gasteiger partial charge in [-0.3, -0.25) is 4.79 Å². The molecular weight excluding hydrogens is 365 g/mol. The summed E-state index contributed by atoms with van der Waals surface area (Å²) in [4.78, 5) is 12.6. The van der Waals surface area contributed by atoms with Gasteiger partial charge in [-0.2, -0.15) is 23.3 Å². The number of phenolic OH excluding ortho intramolecular Hbond substituents is 1. The van der Waals surface area contributed by atoms with Gasteiger partial charge < -0.3 is 14.9 Å². The Morgan fingerprint density at radius 1 is 1.22 bits per heavy atom. The Balaban J connectivity index is 2.06. The summed E-state index contributed by atoms with van der Waals surface area (Å²) in [6.45, 7) is 0. The molecule has 142 valence electrons. The van der Waals surface area contributed by atoms with Crippen LogP contribution >= 0.6 is 0 Å². The SMILES string of the molecule is COc1cccc(C2=NN(C(=O)c3cccc(O)c3)[C@@](O)(C(F)(F)F)C2)c1. The second-order valence-corrected chi connectivity index (χ2v) is 5.94. The zero-order chi connectivity index (χ0) is 19.8. The second-order valence-electron chi connectivity index (χ2n) is 5.94. The number of alkyl halides is 3. The lowest BCUT2D eigenvalue weighted by Gasteiger charge is -2.32. The fraction of sp³-hybridized carbons (Fsp3) is 0.222. The molecule has 0 spiro atoms. The number of aliphatic hydroxyl groups is 1. The predicted molar refractivity (Wildman–Crippen MR) is 89.4 cm³/mol. The fourth-order valence-corrected chi connectivity index (χ4v) is 2.70. The van der Waals surface area contributed by atoms with Crippen LogP contribution in [-0.2, 0) is 0 Å². The highest BCUT2D eigenvalue weighted by molar-refractivity contribution is 6.05. The van der Waals surface area contributed by atoms with E-state index in [2.05, 4.69) is 5.10 Å². The number of hydrogen-bond donors (Lipinski definition) is 2. The first-order valence-electron chi connectivity index (χ1n) is 7.80. The highest BCUT2D eigenvalue weighted by Gasteiger charge is 2.63. The van der Waals surface area contributed by atoms with Gasteiger partial charge in [-0.1, -0.05) is 18.2 Å². The average Bonchev–Trinajstić information content (AvgIpc) is 3.00. The summed E-state index contributed by atoms with van der Waals surface area (Å²) < 4.78 is 45.8. The quantitative estimate of drug-likeness (QED) is 0.858. The molecule has 1 aliphatic heterocycles. The fourth-order valence-electron chi connectivity index (χ4n) is 2.70. The number of methoxy groups -OCH3 is 1. The van der Waals surface area contributed by atoms with Crippen molar-refractivity contribution in [3.63, 3.8) is 0 Å². The number of aromatic hydroxyl groups is 1. The van der Waals surface area contributed by atoms with Crippen molar-refractivity contribution in [2.24, 2.45) is 5.10 Å². The molecule has 27 heavy (non-hydrogen) atoms. The lowest BCUT2D eigenvalue weighted by atomic mass is 10.0. The molecule has 0 radical (unpaired) electrons. The van der Waals surface area contributed by atoms with E-state index in [4.69, 9.17) is 4.74 Å². The van der Waals surface area contributed by atoms with E-state index >= 15 is 0 Å². The Labute approximate surface area is 152 Å². The van der Waals surface area contributed by atoms with E-state index < -0.39 is 24.2 Å². The number of amides is 1. The Hall–Kier alpha value is -3.07. The molecule has 0 aliphatic carbocycles. The first kappa shape index (κ1) is 18.7. The van der Waals surface area contributed by atoms with Gasteiger partial charge in [0.05, 0.1) is 19.2 Å². The van der Waals surface area contributed by atoms with E-state index in [9.17, 15) is 28.2 Å². The van der Waals surface area contributed by atoms with Gasteiger partial charge in [0.1, 0.15) is 11.5 Å². The molecule has 0 unspecified atom stereocenters. The first-order valence-corrected chi connectivity index (χ1v) is 7.80. The van der Waals surface area contributed by atoms with Crippen LogP contribution in [0.15, 0.2) is 53.6 Å². The highest BCUT2D eigenvalue weighted by atomic mass is 19.4. The minimum Gasteiger partial charge on any atom is -0.508 e. The minimum absolute atomic E-state index is 0.0105. The molecule has 6 nitrogen and oxygen atoms in total. The van der Waals surface area contributed by atoms with Crippen LogP contribution in [0, 0.1) is 0 Å². The maximum Gasteiger partial charge on any atom is 0.438 e. The maximum atomic E-state index is 13.6. The third kappa shape index (κ3) is 3.33. The average molecular weight is 380 g/mol. The van der Waals surface area contributed by atoms with Crippen LogP contribution in [-0.4, -0.2) is 45.9 Å². The molecule has 3 rings (SSSR count). The molecule has 0 bridgehead atoms. The van der Waals surface area contributed by atoms with Crippen LogP contribution in [0.3, 0.4) is 0 Å². The maximum absolute atomic E-state index is 13.6. The lowest BCUT2D eigenvalue weighted by molar-refractivity contribution is -0.297. The number of hydrazone groups is 1. The van der Waals surface area contributed by atoms with Crippen LogP contribution in [0.2, 0.25) is 0 Å². The van der Waals surface area contributed by atoms with Crippen molar-refractivity contribution >= 4 is 11.6 Å². The molecule has 1 atom stereocenters. The van der Waals surface area contributed by atoms with Crippen LogP contribution in [0.25, 0.3) is 0 Å². The second kappa shape index (κ2) is 6.58. The summed E-state index contributed by atoms with van der Waals surface area (Å²) in [6, 6.07) is 10.9. The van der Waals surface area contributed by atoms with E-state index in [1.165, 1.54) is 37.4 Å². The number of carbonyl (C=O) groups is 1. The monoisotopic (exact) mass is 380 g/mol. The third-order valence-corrected chi connectivity index (χ3v) is 4.13. The van der Waals surface area contributed by atoms with Crippen molar-refractivity contribution in [2.75, 3.05) is 7.11 Å². The molecule has 2 aromatic rings. The summed E-state index contributed by atoms with van der Waals surface area (Å²) in [6.07, 6.45) is -6.09. The Kier molecular flexibility index (Phi) is 4.56. The topological polar surface area (TPSA) is 82.4 Å². The van der Waals surface area contributed by atoms with E-state index in [0.717, 1.165) is 6.07 Å². The van der Waals surface area contributed by atoms with Gasteiger partial charge in [0.25, 0.3) is 11.6 Å². The highest BCUT2D eigenvalue weighted by Crippen LogP contribution is 2.42. The van der Waals surface area contributed by atoms with Gasteiger partial charge >= 0.3 is 6.18 Å². The van der Waals surface area contributed by atoms with E-state index in [1.807, 2.05) is 0 Å². The van der Waals surface area contributed by atoms with Crippen LogP contribution in [0.4, 0.5) is 13.2 Å². The van der Waals surface area contributed by atoms with Gasteiger partial charge in [-0.25, -0.2) is 0 Å². The lowest BCUT2D eigenvalue weighted by Crippen LogP contribution is -2.56. The number of hydrogen-bond acceptors (Lipinski definition) is 5. The van der Waals surface area contributed by atoms with Gasteiger partial charge in [0.2, 0.25) is 0 Å². The van der Waals surface area contributed by atoms with Gasteiger partial charge in [-0.05, 0) is 30.3 Å². The molecule has 0 fully saturated rings.